The van der Waals surface area contributed by atoms with Crippen LogP contribution in [0.15, 0.2) is 0 Å². The first kappa shape index (κ1) is 23.3. The third kappa shape index (κ3) is 4.35. The van der Waals surface area contributed by atoms with Gasteiger partial charge in [0.2, 0.25) is 0 Å². The Morgan fingerprint density at radius 2 is 1.61 bits per heavy atom. The first-order valence-corrected chi connectivity index (χ1v) is 15.2. The molecule has 6 fully saturated rings. The molecule has 0 amide bonds. The number of hydrogen-bond acceptors (Lipinski definition) is 3. The molecule has 3 saturated carbocycles. The smallest absolute Gasteiger partial charge is 0.0129 e. The van der Waals surface area contributed by atoms with Crippen LogP contribution in [0.2, 0.25) is 0 Å². The largest absolute Gasteiger partial charge is 0.311 e. The van der Waals surface area contributed by atoms with Crippen molar-refractivity contribution in [2.75, 3.05) is 26.7 Å². The molecule has 0 aromatic rings. The van der Waals surface area contributed by atoms with Gasteiger partial charge in [0.05, 0.1) is 0 Å². The van der Waals surface area contributed by atoms with E-state index in [1.54, 1.807) is 6.42 Å². The molecule has 3 aliphatic carbocycles. The highest BCUT2D eigenvalue weighted by atomic mass is 15.2. The highest BCUT2D eigenvalue weighted by Gasteiger charge is 2.50. The summed E-state index contributed by atoms with van der Waals surface area (Å²) in [6.07, 6.45) is 16.4. The first-order valence-electron chi connectivity index (χ1n) is 15.2. The first-order chi connectivity index (χ1) is 16.0. The van der Waals surface area contributed by atoms with Gasteiger partial charge < -0.3 is 15.1 Å². The summed E-state index contributed by atoms with van der Waals surface area (Å²) < 4.78 is 0. The van der Waals surface area contributed by atoms with E-state index in [1.165, 1.54) is 83.8 Å². The topological polar surface area (TPSA) is 18.5 Å². The summed E-state index contributed by atoms with van der Waals surface area (Å²) in [7, 11) is 2.46. The van der Waals surface area contributed by atoms with Crippen molar-refractivity contribution < 1.29 is 0 Å². The molecular formula is C30H53N3. The fraction of sp³-hybridized carbons (Fsp3) is 1.00. The van der Waals surface area contributed by atoms with Crippen LogP contribution in [0.1, 0.15) is 91.4 Å². The lowest BCUT2D eigenvalue weighted by atomic mass is 9.65. The zero-order chi connectivity index (χ0) is 22.7. The van der Waals surface area contributed by atoms with Crippen LogP contribution in [0.4, 0.5) is 0 Å². The van der Waals surface area contributed by atoms with Crippen molar-refractivity contribution in [2.24, 2.45) is 47.3 Å². The number of rotatable bonds is 3. The number of likely N-dealkylation sites (tertiary alicyclic amines) is 2. The van der Waals surface area contributed by atoms with Crippen LogP contribution in [0.5, 0.6) is 0 Å². The SMILES string of the molecule is CCN1CCC[C@@H]2[C@@H](CC3CC[C@@H]4[C@@H]5C[C@@H]6[C@@H](C[C@@H](C)C[C@@H]6N(C)C5)C[C@@H]4N3)C[C@H](C)C[C@@H]21. The Morgan fingerprint density at radius 3 is 2.45 bits per heavy atom. The molecule has 0 aromatic carbocycles. The zero-order valence-corrected chi connectivity index (χ0v) is 22.2. The maximum atomic E-state index is 4.39. The maximum absolute atomic E-state index is 4.39. The van der Waals surface area contributed by atoms with Gasteiger partial charge in [0.1, 0.15) is 0 Å². The molecule has 0 spiro atoms. The molecule has 6 rings (SSSR count). The Bertz CT molecular complexity index is 679. The Hall–Kier alpha value is -0.120. The monoisotopic (exact) mass is 455 g/mol. The second kappa shape index (κ2) is 9.40. The molecule has 1 unspecified atom stereocenters. The third-order valence-electron chi connectivity index (χ3n) is 12.0. The van der Waals surface area contributed by atoms with Crippen molar-refractivity contribution in [1.29, 1.82) is 0 Å². The predicted molar refractivity (Wildman–Crippen MR) is 138 cm³/mol. The molecule has 3 saturated heterocycles. The number of hydrogen-bond donors (Lipinski definition) is 1. The fourth-order valence-corrected chi connectivity index (χ4v) is 10.7. The standard InChI is InChI=1S/C30H53N3/c1-5-33-10-6-7-26-21(11-20(3)14-30(26)33)15-24-8-9-25-23-16-27-22(17-28(25)31-24)12-19(2)13-29(27)32(4)18-23/h19-31H,5-18H2,1-4H3/t19-,20+,21-,22+,23-,24?,25-,26-,27-,28+,29+,30+/m1/s1. The summed E-state index contributed by atoms with van der Waals surface area (Å²) in [5.74, 6) is 7.71. The van der Waals surface area contributed by atoms with E-state index >= 15 is 0 Å². The second-order valence-corrected chi connectivity index (χ2v) is 14.0. The molecule has 33 heavy (non-hydrogen) atoms. The Kier molecular flexibility index (Phi) is 6.63. The average molecular weight is 456 g/mol. The third-order valence-corrected chi connectivity index (χ3v) is 12.0. The molecule has 12 atom stereocenters. The molecular weight excluding hydrogens is 402 g/mol. The molecule has 188 valence electrons. The van der Waals surface area contributed by atoms with E-state index in [2.05, 4.69) is 42.9 Å². The summed E-state index contributed by atoms with van der Waals surface area (Å²) in [6, 6.07) is 3.39. The summed E-state index contributed by atoms with van der Waals surface area (Å²) in [6.45, 7) is 11.5. The Balaban J connectivity index is 1.16. The molecule has 3 heterocycles. The van der Waals surface area contributed by atoms with Gasteiger partial charge in [-0.25, -0.2) is 0 Å². The van der Waals surface area contributed by atoms with Crippen molar-refractivity contribution in [1.82, 2.24) is 15.1 Å². The summed E-state index contributed by atoms with van der Waals surface area (Å²) >= 11 is 0. The van der Waals surface area contributed by atoms with Gasteiger partial charge in [-0.2, -0.15) is 0 Å². The van der Waals surface area contributed by atoms with Gasteiger partial charge >= 0.3 is 0 Å². The van der Waals surface area contributed by atoms with Crippen molar-refractivity contribution in [3.63, 3.8) is 0 Å². The van der Waals surface area contributed by atoms with Crippen LogP contribution < -0.4 is 5.32 Å². The van der Waals surface area contributed by atoms with Crippen LogP contribution >= 0.6 is 0 Å². The minimum Gasteiger partial charge on any atom is -0.311 e. The summed E-state index contributed by atoms with van der Waals surface area (Å²) in [5, 5.41) is 4.39. The van der Waals surface area contributed by atoms with E-state index in [1.807, 2.05) is 0 Å². The summed E-state index contributed by atoms with van der Waals surface area (Å²) in [4.78, 5) is 5.66. The van der Waals surface area contributed by atoms with E-state index in [4.69, 9.17) is 0 Å². The van der Waals surface area contributed by atoms with Crippen molar-refractivity contribution >= 4 is 0 Å². The van der Waals surface area contributed by atoms with Gasteiger partial charge in [-0.05, 0) is 138 Å². The van der Waals surface area contributed by atoms with Crippen molar-refractivity contribution in [3.8, 4) is 0 Å². The highest BCUT2D eigenvalue weighted by molar-refractivity contribution is 5.04. The van der Waals surface area contributed by atoms with E-state index in [0.29, 0.717) is 0 Å². The lowest BCUT2D eigenvalue weighted by Crippen LogP contribution is -2.55. The number of nitrogens with zero attached hydrogens (tertiary/aromatic N) is 2. The van der Waals surface area contributed by atoms with E-state index in [9.17, 15) is 0 Å². The van der Waals surface area contributed by atoms with E-state index in [0.717, 1.165) is 71.5 Å². The Morgan fingerprint density at radius 1 is 0.788 bits per heavy atom. The molecule has 3 heteroatoms. The van der Waals surface area contributed by atoms with Gasteiger partial charge in [-0.1, -0.05) is 20.8 Å². The second-order valence-electron chi connectivity index (χ2n) is 14.0. The quantitative estimate of drug-likeness (QED) is 0.593. The van der Waals surface area contributed by atoms with E-state index in [-0.39, 0.29) is 0 Å². The van der Waals surface area contributed by atoms with Crippen LogP contribution in [0.3, 0.4) is 0 Å². The van der Waals surface area contributed by atoms with Gasteiger partial charge in [0.15, 0.2) is 0 Å². The summed E-state index contributed by atoms with van der Waals surface area (Å²) in [5.41, 5.74) is 0. The Labute approximate surface area is 204 Å². The molecule has 1 N–H and O–H groups in total. The van der Waals surface area contributed by atoms with Gasteiger partial charge in [-0.15, -0.1) is 0 Å². The molecule has 6 aliphatic rings. The van der Waals surface area contributed by atoms with Crippen LogP contribution in [0.25, 0.3) is 0 Å². The molecule has 0 radical (unpaired) electrons. The van der Waals surface area contributed by atoms with Crippen LogP contribution in [-0.4, -0.2) is 60.6 Å². The lowest BCUT2D eigenvalue weighted by molar-refractivity contribution is -0.00636. The average Bonchev–Trinajstić information content (AvgIpc) is 2.92. The van der Waals surface area contributed by atoms with Crippen LogP contribution in [-0.2, 0) is 0 Å². The van der Waals surface area contributed by atoms with Crippen molar-refractivity contribution in [2.45, 2.75) is 116 Å². The maximum Gasteiger partial charge on any atom is 0.0129 e. The molecule has 3 nitrogen and oxygen atoms in total. The van der Waals surface area contributed by atoms with Crippen molar-refractivity contribution in [3.05, 3.63) is 0 Å². The number of fused-ring (bicyclic) bond motifs is 4. The van der Waals surface area contributed by atoms with Crippen LogP contribution in [0, 0.1) is 47.3 Å². The fourth-order valence-electron chi connectivity index (χ4n) is 10.7. The zero-order valence-electron chi connectivity index (χ0n) is 22.2. The lowest BCUT2D eigenvalue weighted by Gasteiger charge is -2.51. The minimum absolute atomic E-state index is 0.798. The molecule has 2 bridgehead atoms. The van der Waals surface area contributed by atoms with Gasteiger partial charge in [-0.3, -0.25) is 0 Å². The molecule has 0 aromatic heterocycles. The predicted octanol–water partition coefficient (Wildman–Crippen LogP) is 5.65. The van der Waals surface area contributed by atoms with E-state index < -0.39 is 0 Å². The minimum atomic E-state index is 0.798. The number of nitrogens with one attached hydrogen (secondary N) is 1. The van der Waals surface area contributed by atoms with Gasteiger partial charge in [0.25, 0.3) is 0 Å². The highest BCUT2D eigenvalue weighted by Crippen LogP contribution is 2.52. The number of piperidine rings is 3. The normalized spacial score (nSPS) is 53.1. The van der Waals surface area contributed by atoms with Gasteiger partial charge in [0, 0.05) is 30.7 Å². The molecule has 3 aliphatic heterocycles.